The summed E-state index contributed by atoms with van der Waals surface area (Å²) < 4.78 is 24.8. The highest BCUT2D eigenvalue weighted by atomic mass is 32.2. The third-order valence-electron chi connectivity index (χ3n) is 3.58. The molecule has 2 aromatic rings. The molecule has 0 aliphatic carbocycles. The van der Waals surface area contributed by atoms with Crippen molar-refractivity contribution in [2.24, 2.45) is 0 Å². The van der Waals surface area contributed by atoms with Crippen molar-refractivity contribution in [3.05, 3.63) is 30.5 Å². The highest BCUT2D eigenvalue weighted by Crippen LogP contribution is 2.16. The van der Waals surface area contributed by atoms with Crippen molar-refractivity contribution in [2.45, 2.75) is 30.3 Å². The molecular weight excluding hydrogens is 274 g/mol. The predicted molar refractivity (Wildman–Crippen MR) is 77.2 cm³/mol. The Morgan fingerprint density at radius 2 is 2.00 bits per heavy atom. The van der Waals surface area contributed by atoms with Gasteiger partial charge in [0.1, 0.15) is 0 Å². The molecule has 20 heavy (non-hydrogen) atoms. The Balaban J connectivity index is 1.88. The molecule has 0 amide bonds. The zero-order valence-electron chi connectivity index (χ0n) is 11.1. The van der Waals surface area contributed by atoms with Gasteiger partial charge in [-0.2, -0.15) is 0 Å². The first-order valence-corrected chi connectivity index (χ1v) is 8.48. The summed E-state index contributed by atoms with van der Waals surface area (Å²) in [5.74, 6) is 0.0972. The van der Waals surface area contributed by atoms with Crippen molar-refractivity contribution in [1.29, 1.82) is 0 Å². The summed E-state index contributed by atoms with van der Waals surface area (Å²) >= 11 is 0. The molecule has 0 radical (unpaired) electrons. The highest BCUT2D eigenvalue weighted by molar-refractivity contribution is 7.91. The first-order valence-electron chi connectivity index (χ1n) is 6.83. The van der Waals surface area contributed by atoms with Gasteiger partial charge in [0.2, 0.25) is 0 Å². The molecule has 0 spiro atoms. The second-order valence-corrected chi connectivity index (χ2v) is 7.11. The number of aromatic nitrogens is 2. The summed E-state index contributed by atoms with van der Waals surface area (Å²) in [6.07, 6.45) is 4.46. The minimum atomic E-state index is -3.39. The fraction of sp³-hybridized carbons (Fsp3) is 0.429. The van der Waals surface area contributed by atoms with E-state index in [2.05, 4.69) is 15.3 Å². The molecule has 3 rings (SSSR count). The monoisotopic (exact) mass is 291 g/mol. The van der Waals surface area contributed by atoms with E-state index < -0.39 is 9.84 Å². The van der Waals surface area contributed by atoms with Gasteiger partial charge < -0.3 is 5.32 Å². The molecule has 1 aromatic heterocycles. The first-order chi connectivity index (χ1) is 9.65. The number of benzene rings is 1. The summed E-state index contributed by atoms with van der Waals surface area (Å²) in [6, 6.07) is 7.32. The molecule has 1 saturated heterocycles. The largest absolute Gasteiger partial charge is 0.313 e. The summed E-state index contributed by atoms with van der Waals surface area (Å²) in [7, 11) is -3.39. The number of rotatable bonds is 3. The van der Waals surface area contributed by atoms with Crippen molar-refractivity contribution in [2.75, 3.05) is 12.3 Å². The lowest BCUT2D eigenvalue weighted by Gasteiger charge is -2.22. The van der Waals surface area contributed by atoms with E-state index in [1.165, 1.54) is 6.20 Å². The van der Waals surface area contributed by atoms with Crippen LogP contribution in [0.25, 0.3) is 11.0 Å². The Labute approximate surface area is 118 Å². The minimum Gasteiger partial charge on any atom is -0.313 e. The van der Waals surface area contributed by atoms with Gasteiger partial charge in [0.25, 0.3) is 0 Å². The lowest BCUT2D eigenvalue weighted by molar-refractivity contribution is 0.423. The fourth-order valence-corrected chi connectivity index (χ4v) is 3.94. The summed E-state index contributed by atoms with van der Waals surface area (Å²) in [6.45, 7) is 0.892. The van der Waals surface area contributed by atoms with E-state index in [0.29, 0.717) is 11.0 Å². The molecule has 2 heterocycles. The number of nitrogens with one attached hydrogen (secondary N) is 1. The fourth-order valence-electron chi connectivity index (χ4n) is 2.51. The van der Waals surface area contributed by atoms with Gasteiger partial charge in [-0.25, -0.2) is 13.4 Å². The van der Waals surface area contributed by atoms with Crippen LogP contribution >= 0.6 is 0 Å². The van der Waals surface area contributed by atoms with Crippen LogP contribution in [-0.4, -0.2) is 36.7 Å². The number of hydrogen-bond acceptors (Lipinski definition) is 5. The molecule has 0 saturated carbocycles. The van der Waals surface area contributed by atoms with E-state index >= 15 is 0 Å². The zero-order valence-corrected chi connectivity index (χ0v) is 11.9. The second-order valence-electron chi connectivity index (χ2n) is 5.13. The molecule has 1 fully saturated rings. The van der Waals surface area contributed by atoms with E-state index in [9.17, 15) is 8.42 Å². The number of fused-ring (bicyclic) bond motifs is 1. The van der Waals surface area contributed by atoms with Gasteiger partial charge in [-0.1, -0.05) is 18.6 Å². The normalized spacial score (nSPS) is 20.1. The molecule has 106 valence electrons. The molecule has 5 nitrogen and oxygen atoms in total. The molecular formula is C14H17N3O2S. The summed E-state index contributed by atoms with van der Waals surface area (Å²) in [5, 5.41) is 3.33. The van der Waals surface area contributed by atoms with E-state index in [1.807, 2.05) is 18.2 Å². The van der Waals surface area contributed by atoms with Crippen LogP contribution in [0.15, 0.2) is 35.5 Å². The van der Waals surface area contributed by atoms with Crippen molar-refractivity contribution in [3.63, 3.8) is 0 Å². The number of piperidine rings is 1. The average Bonchev–Trinajstić information content (AvgIpc) is 2.47. The van der Waals surface area contributed by atoms with Gasteiger partial charge in [-0.3, -0.25) is 4.98 Å². The van der Waals surface area contributed by atoms with Gasteiger partial charge in [-0.15, -0.1) is 0 Å². The number of nitrogens with zero attached hydrogens (tertiary/aromatic N) is 2. The molecule has 1 unspecified atom stereocenters. The lowest BCUT2D eigenvalue weighted by Crippen LogP contribution is -2.39. The van der Waals surface area contributed by atoms with Gasteiger partial charge in [0.05, 0.1) is 23.0 Å². The number of hydrogen-bond donors (Lipinski definition) is 1. The van der Waals surface area contributed by atoms with Crippen LogP contribution in [0.5, 0.6) is 0 Å². The smallest absolute Gasteiger partial charge is 0.198 e. The topological polar surface area (TPSA) is 72.0 Å². The zero-order chi connectivity index (χ0) is 14.0. The van der Waals surface area contributed by atoms with E-state index in [-0.39, 0.29) is 16.8 Å². The number of sulfone groups is 1. The van der Waals surface area contributed by atoms with Crippen molar-refractivity contribution < 1.29 is 8.42 Å². The van der Waals surface area contributed by atoms with Crippen LogP contribution in [0, 0.1) is 0 Å². The minimum absolute atomic E-state index is 0.0296. The Hall–Kier alpha value is -1.53. The van der Waals surface area contributed by atoms with Crippen molar-refractivity contribution in [1.82, 2.24) is 15.3 Å². The Morgan fingerprint density at radius 1 is 1.20 bits per heavy atom. The molecule has 1 atom stereocenters. The average molecular weight is 291 g/mol. The lowest BCUT2D eigenvalue weighted by atomic mass is 10.1. The third-order valence-corrected chi connectivity index (χ3v) is 5.25. The summed E-state index contributed by atoms with van der Waals surface area (Å²) in [5.41, 5.74) is 1.33. The van der Waals surface area contributed by atoms with Crippen molar-refractivity contribution in [3.8, 4) is 0 Å². The maximum absolute atomic E-state index is 12.4. The number of para-hydroxylation sites is 2. The van der Waals surface area contributed by atoms with Crippen LogP contribution in [-0.2, 0) is 9.84 Å². The van der Waals surface area contributed by atoms with Crippen LogP contribution in [0.4, 0.5) is 0 Å². The highest BCUT2D eigenvalue weighted by Gasteiger charge is 2.24. The molecule has 1 aromatic carbocycles. The van der Waals surface area contributed by atoms with E-state index in [4.69, 9.17) is 0 Å². The molecule has 1 aliphatic rings. The van der Waals surface area contributed by atoms with Crippen LogP contribution in [0.3, 0.4) is 0 Å². The second kappa shape index (κ2) is 5.46. The third kappa shape index (κ3) is 2.81. The van der Waals surface area contributed by atoms with Gasteiger partial charge in [-0.05, 0) is 31.5 Å². The Morgan fingerprint density at radius 3 is 2.75 bits per heavy atom. The predicted octanol–water partition coefficient (Wildman–Crippen LogP) is 1.55. The summed E-state index contributed by atoms with van der Waals surface area (Å²) in [4.78, 5) is 8.41. The first kappa shape index (κ1) is 13.5. The van der Waals surface area contributed by atoms with Crippen LogP contribution in [0.1, 0.15) is 19.3 Å². The van der Waals surface area contributed by atoms with Crippen LogP contribution < -0.4 is 5.32 Å². The van der Waals surface area contributed by atoms with E-state index in [1.54, 1.807) is 6.07 Å². The molecule has 6 heteroatoms. The SMILES string of the molecule is O=S(=O)(CC1CCCCN1)c1cnc2ccccc2n1. The molecule has 0 bridgehead atoms. The van der Waals surface area contributed by atoms with Crippen molar-refractivity contribution >= 4 is 20.9 Å². The standard InChI is InChI=1S/C14H17N3O2S/c18-20(19,10-11-5-3-4-8-15-11)14-9-16-12-6-1-2-7-13(12)17-14/h1-2,6-7,9,11,15H,3-5,8,10H2. The van der Waals surface area contributed by atoms with E-state index in [0.717, 1.165) is 25.8 Å². The van der Waals surface area contributed by atoms with Crippen LogP contribution in [0.2, 0.25) is 0 Å². The van der Waals surface area contributed by atoms with Gasteiger partial charge in [0.15, 0.2) is 14.9 Å². The molecule has 1 aliphatic heterocycles. The molecule has 1 N–H and O–H groups in total. The maximum atomic E-state index is 12.4. The Kier molecular flexibility index (Phi) is 3.67. The Bertz CT molecular complexity index is 709. The quantitative estimate of drug-likeness (QED) is 0.929. The maximum Gasteiger partial charge on any atom is 0.198 e. The van der Waals surface area contributed by atoms with Gasteiger partial charge >= 0.3 is 0 Å². The van der Waals surface area contributed by atoms with Gasteiger partial charge in [0, 0.05) is 6.04 Å².